The fraction of sp³-hybridized carbons (Fsp3) is 0.0714. The minimum atomic E-state index is 0.571. The molecule has 2 aromatic carbocycles. The number of nitrogens with one attached hydrogen (secondary N) is 1. The monoisotopic (exact) mass is 368 g/mol. The van der Waals surface area contributed by atoms with E-state index < -0.39 is 0 Å². The van der Waals surface area contributed by atoms with Gasteiger partial charge >= 0.3 is 0 Å². The number of methoxy groups -OCH3 is 1. The van der Waals surface area contributed by atoms with Gasteiger partial charge in [0.25, 0.3) is 0 Å². The molecule has 0 radical (unpaired) electrons. The van der Waals surface area contributed by atoms with Crippen LogP contribution >= 0.6 is 38.9 Å². The zero-order chi connectivity index (χ0) is 14.1. The normalized spacial score (nSPS) is 10.8. The van der Waals surface area contributed by atoms with Crippen LogP contribution in [0.2, 0.25) is 5.02 Å². The summed E-state index contributed by atoms with van der Waals surface area (Å²) in [4.78, 5) is 4.54. The fourth-order valence-electron chi connectivity index (χ4n) is 1.82. The summed E-state index contributed by atoms with van der Waals surface area (Å²) in [7, 11) is 1.60. The molecule has 6 heteroatoms. The van der Waals surface area contributed by atoms with Gasteiger partial charge in [-0.25, -0.2) is 4.98 Å². The zero-order valence-electron chi connectivity index (χ0n) is 10.5. The van der Waals surface area contributed by atoms with Crippen LogP contribution in [-0.2, 0) is 0 Å². The molecule has 0 saturated heterocycles. The average Bonchev–Trinajstić information content (AvgIpc) is 2.80. The molecule has 0 saturated carbocycles. The fourth-order valence-corrected chi connectivity index (χ4v) is 3.29. The Morgan fingerprint density at radius 3 is 2.85 bits per heavy atom. The molecule has 0 atom stereocenters. The Hall–Kier alpha value is -1.30. The van der Waals surface area contributed by atoms with Crippen molar-refractivity contribution >= 4 is 59.9 Å². The topological polar surface area (TPSA) is 34.1 Å². The summed E-state index contributed by atoms with van der Waals surface area (Å²) in [6, 6.07) is 11.6. The maximum atomic E-state index is 6.11. The van der Waals surface area contributed by atoms with Crippen molar-refractivity contribution < 1.29 is 4.74 Å². The van der Waals surface area contributed by atoms with Crippen LogP contribution in [0, 0.1) is 0 Å². The van der Waals surface area contributed by atoms with Gasteiger partial charge in [0.05, 0.1) is 22.3 Å². The summed E-state index contributed by atoms with van der Waals surface area (Å²) >= 11 is 11.2. The van der Waals surface area contributed by atoms with E-state index in [1.54, 1.807) is 18.4 Å². The number of halogens is 2. The summed E-state index contributed by atoms with van der Waals surface area (Å²) in [6.07, 6.45) is 0. The summed E-state index contributed by atoms with van der Waals surface area (Å²) in [5, 5.41) is 4.66. The van der Waals surface area contributed by atoms with Crippen LogP contribution in [0.15, 0.2) is 40.9 Å². The highest BCUT2D eigenvalue weighted by molar-refractivity contribution is 9.10. The second-order valence-electron chi connectivity index (χ2n) is 4.11. The highest BCUT2D eigenvalue weighted by Crippen LogP contribution is 2.32. The molecular weight excluding hydrogens is 360 g/mol. The average molecular weight is 370 g/mol. The van der Waals surface area contributed by atoms with Crippen molar-refractivity contribution in [1.29, 1.82) is 0 Å². The molecule has 0 spiro atoms. The molecule has 20 heavy (non-hydrogen) atoms. The lowest BCUT2D eigenvalue weighted by Crippen LogP contribution is -1.90. The first-order valence-corrected chi connectivity index (χ1v) is 7.81. The Balaban J connectivity index is 1.90. The molecule has 0 fully saturated rings. The third kappa shape index (κ3) is 2.75. The van der Waals surface area contributed by atoms with Gasteiger partial charge < -0.3 is 10.1 Å². The predicted octanol–water partition coefficient (Wildman–Crippen LogP) is 5.46. The van der Waals surface area contributed by atoms with E-state index in [-0.39, 0.29) is 0 Å². The van der Waals surface area contributed by atoms with Gasteiger partial charge in [-0.1, -0.05) is 38.9 Å². The number of hydrogen-bond acceptors (Lipinski definition) is 4. The van der Waals surface area contributed by atoms with Gasteiger partial charge in [-0.05, 0) is 36.4 Å². The van der Waals surface area contributed by atoms with Crippen LogP contribution in [0.3, 0.4) is 0 Å². The molecule has 0 bridgehead atoms. The number of fused-ring (bicyclic) bond motifs is 1. The van der Waals surface area contributed by atoms with E-state index in [9.17, 15) is 0 Å². The molecular formula is C14H10BrClN2OS. The van der Waals surface area contributed by atoms with Crippen molar-refractivity contribution in [3.8, 4) is 5.75 Å². The number of thiazole rings is 1. The third-order valence-corrected chi connectivity index (χ3v) is 4.49. The molecule has 1 heterocycles. The van der Waals surface area contributed by atoms with Crippen LogP contribution < -0.4 is 10.1 Å². The van der Waals surface area contributed by atoms with Crippen LogP contribution in [-0.4, -0.2) is 12.1 Å². The highest BCUT2D eigenvalue weighted by atomic mass is 79.9. The van der Waals surface area contributed by atoms with Crippen molar-refractivity contribution in [2.45, 2.75) is 0 Å². The Morgan fingerprint density at radius 2 is 2.10 bits per heavy atom. The smallest absolute Gasteiger partial charge is 0.188 e. The van der Waals surface area contributed by atoms with E-state index in [0.29, 0.717) is 10.8 Å². The summed E-state index contributed by atoms with van der Waals surface area (Å²) in [5.74, 6) is 0.658. The molecule has 3 nitrogen and oxygen atoms in total. The molecule has 3 rings (SSSR count). The first kappa shape index (κ1) is 13.7. The minimum absolute atomic E-state index is 0.571. The van der Waals surface area contributed by atoms with Crippen LogP contribution in [0.25, 0.3) is 10.2 Å². The number of ether oxygens (including phenoxy) is 1. The maximum Gasteiger partial charge on any atom is 0.188 e. The van der Waals surface area contributed by atoms with Crippen LogP contribution in [0.1, 0.15) is 0 Å². The van der Waals surface area contributed by atoms with Gasteiger partial charge in [0.15, 0.2) is 5.13 Å². The predicted molar refractivity (Wildman–Crippen MR) is 88.6 cm³/mol. The number of aromatic nitrogens is 1. The lowest BCUT2D eigenvalue weighted by molar-refractivity contribution is 0.415. The van der Waals surface area contributed by atoms with Gasteiger partial charge in [-0.15, -0.1) is 0 Å². The first-order valence-electron chi connectivity index (χ1n) is 5.82. The lowest BCUT2D eigenvalue weighted by Gasteiger charge is -2.06. The zero-order valence-corrected chi connectivity index (χ0v) is 13.6. The molecule has 0 aliphatic carbocycles. The minimum Gasteiger partial charge on any atom is -0.495 e. The second-order valence-corrected chi connectivity index (χ2v) is 6.46. The second kappa shape index (κ2) is 5.60. The molecule has 1 aromatic heterocycles. The van der Waals surface area contributed by atoms with Gasteiger partial charge in [0.1, 0.15) is 5.75 Å². The van der Waals surface area contributed by atoms with Crippen LogP contribution in [0.4, 0.5) is 10.8 Å². The van der Waals surface area contributed by atoms with E-state index in [0.717, 1.165) is 25.5 Å². The molecule has 0 unspecified atom stereocenters. The van der Waals surface area contributed by atoms with Crippen molar-refractivity contribution in [2.24, 2.45) is 0 Å². The summed E-state index contributed by atoms with van der Waals surface area (Å²) < 4.78 is 7.29. The maximum absolute atomic E-state index is 6.11. The number of benzene rings is 2. The number of hydrogen-bond donors (Lipinski definition) is 1. The molecule has 0 aliphatic heterocycles. The first-order chi connectivity index (χ1) is 9.65. The lowest BCUT2D eigenvalue weighted by atomic mass is 10.3. The van der Waals surface area contributed by atoms with Crippen molar-refractivity contribution in [1.82, 2.24) is 4.98 Å². The van der Waals surface area contributed by atoms with Gasteiger partial charge in [0.2, 0.25) is 0 Å². The van der Waals surface area contributed by atoms with Crippen molar-refractivity contribution in [3.63, 3.8) is 0 Å². The van der Waals surface area contributed by atoms with Crippen molar-refractivity contribution in [2.75, 3.05) is 12.4 Å². The number of nitrogens with zero attached hydrogens (tertiary/aromatic N) is 1. The Bertz CT molecular complexity index is 775. The standard InChI is InChI=1S/C14H10BrClN2OS/c1-19-12-4-3-9(7-10(12)16)17-14-18-11-6-8(15)2-5-13(11)20-14/h2-7H,1H3,(H,17,18). The molecule has 3 aromatic rings. The van der Waals surface area contributed by atoms with E-state index >= 15 is 0 Å². The molecule has 0 aliphatic rings. The third-order valence-electron chi connectivity index (χ3n) is 2.75. The van der Waals surface area contributed by atoms with E-state index in [1.807, 2.05) is 36.4 Å². The van der Waals surface area contributed by atoms with E-state index in [4.69, 9.17) is 16.3 Å². The Labute approximate surface area is 133 Å². The highest BCUT2D eigenvalue weighted by Gasteiger charge is 2.06. The summed E-state index contributed by atoms with van der Waals surface area (Å²) in [5.41, 5.74) is 1.85. The van der Waals surface area contributed by atoms with Gasteiger partial charge in [-0.2, -0.15) is 0 Å². The SMILES string of the molecule is COc1ccc(Nc2nc3cc(Br)ccc3s2)cc1Cl. The Morgan fingerprint density at radius 1 is 1.25 bits per heavy atom. The molecule has 1 N–H and O–H groups in total. The quantitative estimate of drug-likeness (QED) is 0.665. The summed E-state index contributed by atoms with van der Waals surface area (Å²) in [6.45, 7) is 0. The van der Waals surface area contributed by atoms with Crippen LogP contribution in [0.5, 0.6) is 5.75 Å². The number of anilines is 2. The van der Waals surface area contributed by atoms with Crippen molar-refractivity contribution in [3.05, 3.63) is 45.9 Å². The van der Waals surface area contributed by atoms with Gasteiger partial charge in [0, 0.05) is 10.2 Å². The molecule has 102 valence electrons. The molecule has 0 amide bonds. The van der Waals surface area contributed by atoms with Gasteiger partial charge in [-0.3, -0.25) is 0 Å². The van der Waals surface area contributed by atoms with E-state index in [1.165, 1.54) is 0 Å². The Kier molecular flexibility index (Phi) is 3.83. The number of rotatable bonds is 3. The largest absolute Gasteiger partial charge is 0.495 e. The van der Waals surface area contributed by atoms with E-state index in [2.05, 4.69) is 26.2 Å².